The van der Waals surface area contributed by atoms with Crippen molar-refractivity contribution in [2.24, 2.45) is 0 Å². The summed E-state index contributed by atoms with van der Waals surface area (Å²) in [5.41, 5.74) is 2.93. The van der Waals surface area contributed by atoms with Crippen molar-refractivity contribution in [1.82, 2.24) is 0 Å². The molecule has 0 amide bonds. The summed E-state index contributed by atoms with van der Waals surface area (Å²) >= 11 is 5.82. The third-order valence-corrected chi connectivity index (χ3v) is 3.00. The van der Waals surface area contributed by atoms with Crippen molar-refractivity contribution in [2.75, 3.05) is 24.3 Å². The highest BCUT2D eigenvalue weighted by molar-refractivity contribution is 6.30. The van der Waals surface area contributed by atoms with Gasteiger partial charge >= 0.3 is 0 Å². The van der Waals surface area contributed by atoms with E-state index in [9.17, 15) is 4.39 Å². The molecule has 2 aromatic carbocycles. The summed E-state index contributed by atoms with van der Waals surface area (Å²) in [6, 6.07) is 12.6. The number of hydrogen-bond donors (Lipinski definition) is 1. The molecule has 2 nitrogen and oxygen atoms in total. The highest BCUT2D eigenvalue weighted by Crippen LogP contribution is 2.19. The fraction of sp³-hybridized carbons (Fsp3) is 0.200. The van der Waals surface area contributed by atoms with Gasteiger partial charge in [0.2, 0.25) is 0 Å². The van der Waals surface area contributed by atoms with E-state index < -0.39 is 0 Å². The number of benzene rings is 2. The van der Waals surface area contributed by atoms with Crippen LogP contribution in [0.3, 0.4) is 0 Å². The standard InChI is InChI=1S/C15H16ClFN2/c1-19(2)15-5-3-4-14(9-15)18-10-11-6-12(16)8-13(17)7-11/h3-9,18H,10H2,1-2H3. The summed E-state index contributed by atoms with van der Waals surface area (Å²) < 4.78 is 13.2. The second-order valence-electron chi connectivity index (χ2n) is 4.58. The molecule has 0 unspecified atom stereocenters. The normalized spacial score (nSPS) is 10.3. The molecule has 0 fully saturated rings. The van der Waals surface area contributed by atoms with Gasteiger partial charge in [-0.05, 0) is 42.0 Å². The maximum Gasteiger partial charge on any atom is 0.125 e. The molecule has 0 heterocycles. The Kier molecular flexibility index (Phi) is 4.27. The summed E-state index contributed by atoms with van der Waals surface area (Å²) in [5.74, 6) is -0.314. The van der Waals surface area contributed by atoms with Crippen molar-refractivity contribution < 1.29 is 4.39 Å². The molecule has 0 bridgehead atoms. The fourth-order valence-electron chi connectivity index (χ4n) is 1.81. The molecule has 2 rings (SSSR count). The van der Waals surface area contributed by atoms with Crippen LogP contribution in [-0.2, 0) is 6.54 Å². The molecule has 0 saturated carbocycles. The Morgan fingerprint density at radius 1 is 1.16 bits per heavy atom. The van der Waals surface area contributed by atoms with Gasteiger partial charge in [0.25, 0.3) is 0 Å². The SMILES string of the molecule is CN(C)c1cccc(NCc2cc(F)cc(Cl)c2)c1. The van der Waals surface area contributed by atoms with Gasteiger partial charge in [-0.15, -0.1) is 0 Å². The van der Waals surface area contributed by atoms with Gasteiger partial charge in [0, 0.05) is 37.0 Å². The van der Waals surface area contributed by atoms with Crippen molar-refractivity contribution >= 4 is 23.0 Å². The topological polar surface area (TPSA) is 15.3 Å². The molecular weight excluding hydrogens is 263 g/mol. The van der Waals surface area contributed by atoms with Gasteiger partial charge in [0.1, 0.15) is 5.82 Å². The summed E-state index contributed by atoms with van der Waals surface area (Å²) in [7, 11) is 3.98. The Morgan fingerprint density at radius 2 is 1.95 bits per heavy atom. The molecule has 0 aliphatic carbocycles. The van der Waals surface area contributed by atoms with Crippen LogP contribution in [-0.4, -0.2) is 14.1 Å². The van der Waals surface area contributed by atoms with Gasteiger partial charge in [-0.25, -0.2) is 4.39 Å². The molecule has 0 saturated heterocycles. The average Bonchev–Trinajstić information content (AvgIpc) is 2.35. The minimum absolute atomic E-state index is 0.314. The zero-order chi connectivity index (χ0) is 13.8. The van der Waals surface area contributed by atoms with E-state index in [1.54, 1.807) is 6.07 Å². The number of nitrogens with one attached hydrogen (secondary N) is 1. The number of hydrogen-bond acceptors (Lipinski definition) is 2. The molecule has 0 spiro atoms. The lowest BCUT2D eigenvalue weighted by atomic mass is 10.2. The highest BCUT2D eigenvalue weighted by Gasteiger charge is 2.01. The van der Waals surface area contributed by atoms with Gasteiger partial charge < -0.3 is 10.2 Å². The van der Waals surface area contributed by atoms with E-state index in [0.717, 1.165) is 16.9 Å². The molecule has 2 aromatic rings. The molecule has 19 heavy (non-hydrogen) atoms. The zero-order valence-electron chi connectivity index (χ0n) is 11.0. The van der Waals surface area contributed by atoms with Gasteiger partial charge in [-0.3, -0.25) is 0 Å². The second-order valence-corrected chi connectivity index (χ2v) is 5.01. The Labute approximate surface area is 117 Å². The van der Waals surface area contributed by atoms with Gasteiger partial charge in [0.15, 0.2) is 0 Å². The summed E-state index contributed by atoms with van der Waals surface area (Å²) in [6.07, 6.45) is 0. The van der Waals surface area contributed by atoms with Crippen molar-refractivity contribution in [2.45, 2.75) is 6.54 Å². The smallest absolute Gasteiger partial charge is 0.125 e. The first-order chi connectivity index (χ1) is 9.04. The van der Waals surface area contributed by atoms with E-state index in [0.29, 0.717) is 11.6 Å². The molecule has 0 aliphatic heterocycles. The van der Waals surface area contributed by atoms with Crippen LogP contribution in [0, 0.1) is 5.82 Å². The molecule has 0 aliphatic rings. The van der Waals surface area contributed by atoms with E-state index in [4.69, 9.17) is 11.6 Å². The lowest BCUT2D eigenvalue weighted by Crippen LogP contribution is -2.09. The number of rotatable bonds is 4. The lowest BCUT2D eigenvalue weighted by molar-refractivity contribution is 0.626. The highest BCUT2D eigenvalue weighted by atomic mass is 35.5. The van der Waals surface area contributed by atoms with Crippen LogP contribution in [0.4, 0.5) is 15.8 Å². The Morgan fingerprint density at radius 3 is 2.63 bits per heavy atom. The predicted octanol–water partition coefficient (Wildman–Crippen LogP) is 4.16. The lowest BCUT2D eigenvalue weighted by Gasteiger charge is -2.14. The Hall–Kier alpha value is -1.74. The van der Waals surface area contributed by atoms with Crippen LogP contribution < -0.4 is 10.2 Å². The summed E-state index contributed by atoms with van der Waals surface area (Å²) in [5, 5.41) is 3.67. The first-order valence-electron chi connectivity index (χ1n) is 6.01. The number of anilines is 2. The molecule has 1 N–H and O–H groups in total. The van der Waals surface area contributed by atoms with Gasteiger partial charge in [0.05, 0.1) is 0 Å². The van der Waals surface area contributed by atoms with Crippen LogP contribution in [0.1, 0.15) is 5.56 Å². The van der Waals surface area contributed by atoms with Crippen molar-refractivity contribution in [1.29, 1.82) is 0 Å². The van der Waals surface area contributed by atoms with Gasteiger partial charge in [-0.1, -0.05) is 17.7 Å². The van der Waals surface area contributed by atoms with E-state index in [1.807, 2.05) is 43.3 Å². The largest absolute Gasteiger partial charge is 0.381 e. The second kappa shape index (κ2) is 5.93. The van der Waals surface area contributed by atoms with E-state index >= 15 is 0 Å². The third kappa shape index (κ3) is 3.86. The van der Waals surface area contributed by atoms with Crippen LogP contribution >= 0.6 is 11.6 Å². The Balaban J connectivity index is 2.07. The first-order valence-corrected chi connectivity index (χ1v) is 6.38. The third-order valence-electron chi connectivity index (χ3n) is 2.78. The van der Waals surface area contributed by atoms with Crippen LogP contribution in [0.5, 0.6) is 0 Å². The Bertz CT molecular complexity index is 550. The maximum atomic E-state index is 13.2. The van der Waals surface area contributed by atoms with E-state index in [1.165, 1.54) is 12.1 Å². The predicted molar refractivity (Wildman–Crippen MR) is 79.5 cm³/mol. The quantitative estimate of drug-likeness (QED) is 0.903. The van der Waals surface area contributed by atoms with Crippen molar-refractivity contribution in [3.8, 4) is 0 Å². The average molecular weight is 279 g/mol. The maximum absolute atomic E-state index is 13.2. The molecule has 0 atom stereocenters. The molecule has 0 aromatic heterocycles. The molecule has 4 heteroatoms. The fourth-order valence-corrected chi connectivity index (χ4v) is 2.06. The monoisotopic (exact) mass is 278 g/mol. The minimum Gasteiger partial charge on any atom is -0.381 e. The number of halogens is 2. The first kappa shape index (κ1) is 13.7. The molecular formula is C15H16ClFN2. The summed E-state index contributed by atoms with van der Waals surface area (Å²) in [4.78, 5) is 2.03. The number of nitrogens with zero attached hydrogens (tertiary/aromatic N) is 1. The van der Waals surface area contributed by atoms with Crippen molar-refractivity contribution in [3.63, 3.8) is 0 Å². The van der Waals surface area contributed by atoms with Crippen LogP contribution in [0.25, 0.3) is 0 Å². The van der Waals surface area contributed by atoms with E-state index in [2.05, 4.69) is 5.32 Å². The van der Waals surface area contributed by atoms with Crippen LogP contribution in [0.2, 0.25) is 5.02 Å². The summed E-state index contributed by atoms with van der Waals surface area (Å²) in [6.45, 7) is 0.536. The van der Waals surface area contributed by atoms with Crippen LogP contribution in [0.15, 0.2) is 42.5 Å². The van der Waals surface area contributed by atoms with E-state index in [-0.39, 0.29) is 5.82 Å². The zero-order valence-corrected chi connectivity index (χ0v) is 11.7. The van der Waals surface area contributed by atoms with Gasteiger partial charge in [-0.2, -0.15) is 0 Å². The minimum atomic E-state index is -0.314. The van der Waals surface area contributed by atoms with Crippen molar-refractivity contribution in [3.05, 3.63) is 58.9 Å². The molecule has 100 valence electrons. The molecule has 0 radical (unpaired) electrons.